The molecular formula is C15H15BrClNO. The highest BCUT2D eigenvalue weighted by Crippen LogP contribution is 2.24. The van der Waals surface area contributed by atoms with Crippen LogP contribution in [0, 0.1) is 6.92 Å². The summed E-state index contributed by atoms with van der Waals surface area (Å²) in [4.78, 5) is 0. The van der Waals surface area contributed by atoms with Gasteiger partial charge < -0.3 is 10.1 Å². The van der Waals surface area contributed by atoms with Crippen molar-refractivity contribution in [2.45, 2.75) is 13.5 Å². The summed E-state index contributed by atoms with van der Waals surface area (Å²) in [5, 5.41) is 4.15. The first-order valence-corrected chi connectivity index (χ1v) is 7.09. The van der Waals surface area contributed by atoms with E-state index in [1.165, 1.54) is 0 Å². The summed E-state index contributed by atoms with van der Waals surface area (Å²) in [6.07, 6.45) is 0. The van der Waals surface area contributed by atoms with Gasteiger partial charge in [-0.05, 0) is 54.4 Å². The maximum absolute atomic E-state index is 6.17. The molecule has 0 aliphatic rings. The van der Waals surface area contributed by atoms with Gasteiger partial charge in [-0.1, -0.05) is 27.5 Å². The van der Waals surface area contributed by atoms with Gasteiger partial charge >= 0.3 is 0 Å². The first-order valence-electron chi connectivity index (χ1n) is 5.92. The van der Waals surface area contributed by atoms with Gasteiger partial charge in [-0.15, -0.1) is 0 Å². The third-order valence-corrected chi connectivity index (χ3v) is 3.77. The SMILES string of the molecule is COc1ccc(NCc2cc(Br)ccc2Cl)c(C)c1. The van der Waals surface area contributed by atoms with Gasteiger partial charge in [0.2, 0.25) is 0 Å². The molecule has 0 aromatic heterocycles. The van der Waals surface area contributed by atoms with Gasteiger partial charge in [-0.3, -0.25) is 0 Å². The summed E-state index contributed by atoms with van der Waals surface area (Å²) in [5.74, 6) is 0.864. The fourth-order valence-corrected chi connectivity index (χ4v) is 2.42. The zero-order valence-electron chi connectivity index (χ0n) is 10.8. The number of methoxy groups -OCH3 is 1. The lowest BCUT2D eigenvalue weighted by Crippen LogP contribution is -2.02. The van der Waals surface area contributed by atoms with Crippen LogP contribution in [0.5, 0.6) is 5.75 Å². The third-order valence-electron chi connectivity index (χ3n) is 2.91. The van der Waals surface area contributed by atoms with Crippen LogP contribution in [0.3, 0.4) is 0 Å². The summed E-state index contributed by atoms with van der Waals surface area (Å²) in [6, 6.07) is 11.8. The summed E-state index contributed by atoms with van der Waals surface area (Å²) in [6.45, 7) is 2.73. The Morgan fingerprint density at radius 3 is 2.68 bits per heavy atom. The normalized spacial score (nSPS) is 10.3. The van der Waals surface area contributed by atoms with Gasteiger partial charge in [-0.2, -0.15) is 0 Å². The van der Waals surface area contributed by atoms with Crippen molar-refractivity contribution in [2.24, 2.45) is 0 Å². The van der Waals surface area contributed by atoms with Gasteiger partial charge in [-0.25, -0.2) is 0 Å². The fraction of sp³-hybridized carbons (Fsp3) is 0.200. The average Bonchev–Trinajstić information content (AvgIpc) is 2.40. The number of nitrogens with one attached hydrogen (secondary N) is 1. The predicted octanol–water partition coefficient (Wildman–Crippen LogP) is 5.03. The van der Waals surface area contributed by atoms with Gasteiger partial charge in [0.25, 0.3) is 0 Å². The zero-order valence-corrected chi connectivity index (χ0v) is 13.2. The van der Waals surface area contributed by atoms with Crippen LogP contribution in [0.25, 0.3) is 0 Å². The second kappa shape index (κ2) is 6.31. The van der Waals surface area contributed by atoms with Crippen LogP contribution >= 0.6 is 27.5 Å². The van der Waals surface area contributed by atoms with E-state index in [-0.39, 0.29) is 0 Å². The topological polar surface area (TPSA) is 21.3 Å². The summed E-state index contributed by atoms with van der Waals surface area (Å²) >= 11 is 9.62. The van der Waals surface area contributed by atoms with Crippen LogP contribution in [0.1, 0.15) is 11.1 Å². The molecule has 2 aromatic carbocycles. The monoisotopic (exact) mass is 339 g/mol. The standard InChI is InChI=1S/C15H15BrClNO/c1-10-7-13(19-2)4-6-15(10)18-9-11-8-12(16)3-5-14(11)17/h3-8,18H,9H2,1-2H3. The van der Waals surface area contributed by atoms with E-state index in [2.05, 4.69) is 21.2 Å². The number of halogens is 2. The largest absolute Gasteiger partial charge is 0.497 e. The molecule has 0 spiro atoms. The molecular weight excluding hydrogens is 326 g/mol. The lowest BCUT2D eigenvalue weighted by atomic mass is 10.1. The van der Waals surface area contributed by atoms with Gasteiger partial charge in [0.1, 0.15) is 5.75 Å². The van der Waals surface area contributed by atoms with Crippen molar-refractivity contribution in [3.8, 4) is 5.75 Å². The van der Waals surface area contributed by atoms with Crippen molar-refractivity contribution in [1.29, 1.82) is 0 Å². The molecule has 0 saturated carbocycles. The van der Waals surface area contributed by atoms with Crippen molar-refractivity contribution in [3.05, 3.63) is 57.0 Å². The Balaban J connectivity index is 2.12. The highest BCUT2D eigenvalue weighted by atomic mass is 79.9. The van der Waals surface area contributed by atoms with Crippen molar-refractivity contribution in [1.82, 2.24) is 0 Å². The van der Waals surface area contributed by atoms with E-state index in [4.69, 9.17) is 16.3 Å². The van der Waals surface area contributed by atoms with E-state index in [0.29, 0.717) is 6.54 Å². The number of rotatable bonds is 4. The van der Waals surface area contributed by atoms with E-state index < -0.39 is 0 Å². The minimum Gasteiger partial charge on any atom is -0.497 e. The smallest absolute Gasteiger partial charge is 0.119 e. The van der Waals surface area contributed by atoms with Crippen LogP contribution in [-0.2, 0) is 6.54 Å². The quantitative estimate of drug-likeness (QED) is 0.842. The summed E-state index contributed by atoms with van der Waals surface area (Å²) < 4.78 is 6.22. The Labute approximate surface area is 126 Å². The molecule has 0 bridgehead atoms. The number of anilines is 1. The van der Waals surface area contributed by atoms with Crippen molar-refractivity contribution in [2.75, 3.05) is 12.4 Å². The summed E-state index contributed by atoms with van der Waals surface area (Å²) in [5.41, 5.74) is 3.29. The molecule has 2 rings (SSSR count). The predicted molar refractivity (Wildman–Crippen MR) is 84.2 cm³/mol. The Kier molecular flexibility index (Phi) is 4.72. The molecule has 4 heteroatoms. The summed E-state index contributed by atoms with van der Waals surface area (Å²) in [7, 11) is 1.67. The maximum Gasteiger partial charge on any atom is 0.119 e. The lowest BCUT2D eigenvalue weighted by molar-refractivity contribution is 0.414. The highest BCUT2D eigenvalue weighted by molar-refractivity contribution is 9.10. The van der Waals surface area contributed by atoms with E-state index in [0.717, 1.165) is 32.1 Å². The average molecular weight is 341 g/mol. The minimum absolute atomic E-state index is 0.686. The van der Waals surface area contributed by atoms with Crippen LogP contribution in [0.15, 0.2) is 40.9 Å². The lowest BCUT2D eigenvalue weighted by Gasteiger charge is -2.12. The van der Waals surface area contributed by atoms with E-state index >= 15 is 0 Å². The number of ether oxygens (including phenoxy) is 1. The van der Waals surface area contributed by atoms with E-state index in [9.17, 15) is 0 Å². The van der Waals surface area contributed by atoms with Crippen LogP contribution in [0.4, 0.5) is 5.69 Å². The first kappa shape index (κ1) is 14.2. The number of benzene rings is 2. The van der Waals surface area contributed by atoms with E-state index in [1.807, 2.05) is 43.3 Å². The molecule has 0 aliphatic heterocycles. The Morgan fingerprint density at radius 1 is 1.21 bits per heavy atom. The molecule has 0 heterocycles. The Bertz CT molecular complexity index is 586. The zero-order chi connectivity index (χ0) is 13.8. The molecule has 100 valence electrons. The van der Waals surface area contributed by atoms with Gasteiger partial charge in [0, 0.05) is 21.7 Å². The molecule has 0 fully saturated rings. The van der Waals surface area contributed by atoms with Gasteiger partial charge in [0.15, 0.2) is 0 Å². The number of aryl methyl sites for hydroxylation is 1. The number of hydrogen-bond donors (Lipinski definition) is 1. The van der Waals surface area contributed by atoms with Crippen LogP contribution in [0.2, 0.25) is 5.02 Å². The molecule has 0 atom stereocenters. The second-order valence-corrected chi connectivity index (χ2v) is 5.59. The van der Waals surface area contributed by atoms with Crippen molar-refractivity contribution >= 4 is 33.2 Å². The van der Waals surface area contributed by atoms with Crippen molar-refractivity contribution < 1.29 is 4.74 Å². The highest BCUT2D eigenvalue weighted by Gasteiger charge is 2.03. The first-order chi connectivity index (χ1) is 9.10. The van der Waals surface area contributed by atoms with Crippen molar-refractivity contribution in [3.63, 3.8) is 0 Å². The van der Waals surface area contributed by atoms with E-state index in [1.54, 1.807) is 7.11 Å². The Morgan fingerprint density at radius 2 is 2.00 bits per heavy atom. The third kappa shape index (κ3) is 3.64. The van der Waals surface area contributed by atoms with Gasteiger partial charge in [0.05, 0.1) is 7.11 Å². The fourth-order valence-electron chi connectivity index (χ4n) is 1.83. The molecule has 0 saturated heterocycles. The molecule has 0 radical (unpaired) electrons. The number of hydrogen-bond acceptors (Lipinski definition) is 2. The molecule has 0 amide bonds. The molecule has 1 N–H and O–H groups in total. The molecule has 2 aromatic rings. The molecule has 0 unspecified atom stereocenters. The Hall–Kier alpha value is -1.19. The second-order valence-electron chi connectivity index (χ2n) is 4.27. The van der Waals surface area contributed by atoms with Crippen LogP contribution < -0.4 is 10.1 Å². The molecule has 0 aliphatic carbocycles. The van der Waals surface area contributed by atoms with Crippen LogP contribution in [-0.4, -0.2) is 7.11 Å². The minimum atomic E-state index is 0.686. The maximum atomic E-state index is 6.17. The molecule has 19 heavy (non-hydrogen) atoms. The molecule has 2 nitrogen and oxygen atoms in total.